The minimum absolute atomic E-state index is 0.193. The zero-order valence-corrected chi connectivity index (χ0v) is 7.06. The topological polar surface area (TPSA) is 12.4 Å². The van der Waals surface area contributed by atoms with Crippen molar-refractivity contribution in [3.05, 3.63) is 0 Å². The predicted molar refractivity (Wildman–Crippen MR) is 45.6 cm³/mol. The number of rotatable bonds is 1. The average molecular weight is 139 g/mol. The minimum atomic E-state index is 0.193. The molecule has 1 nitrogen and oxygen atoms in total. The highest BCUT2D eigenvalue weighted by atomic mass is 14.8. The fourth-order valence-electron chi connectivity index (χ4n) is 1.73. The third-order valence-corrected chi connectivity index (χ3v) is 2.99. The van der Waals surface area contributed by atoms with Crippen LogP contribution in [0.25, 0.3) is 0 Å². The lowest BCUT2D eigenvalue weighted by atomic mass is 9.75. The van der Waals surface area contributed by atoms with Gasteiger partial charge < -0.3 is 0 Å². The van der Waals surface area contributed by atoms with Crippen LogP contribution in [0.5, 0.6) is 0 Å². The Kier molecular flexibility index (Phi) is 2.12. The zero-order chi connectivity index (χ0) is 7.61. The van der Waals surface area contributed by atoms with Gasteiger partial charge >= 0.3 is 0 Å². The molecule has 1 rings (SSSR count). The van der Waals surface area contributed by atoms with Gasteiger partial charge in [0.2, 0.25) is 0 Å². The van der Waals surface area contributed by atoms with E-state index in [1.54, 1.807) is 0 Å². The number of hydrogen-bond donors (Lipinski definition) is 0. The van der Waals surface area contributed by atoms with Crippen LogP contribution in [0.4, 0.5) is 0 Å². The standard InChI is InChI=1S/C9H17N/c1-8-6-4-5-7-9(8,2)10-3/h8H,3-7H2,1-2H3. The highest BCUT2D eigenvalue weighted by Crippen LogP contribution is 2.35. The highest BCUT2D eigenvalue weighted by Gasteiger charge is 2.31. The van der Waals surface area contributed by atoms with Crippen molar-refractivity contribution in [1.29, 1.82) is 0 Å². The Morgan fingerprint density at radius 1 is 1.50 bits per heavy atom. The zero-order valence-electron chi connectivity index (χ0n) is 7.06. The van der Waals surface area contributed by atoms with Crippen LogP contribution in [-0.4, -0.2) is 12.3 Å². The van der Waals surface area contributed by atoms with Gasteiger partial charge in [-0.15, -0.1) is 0 Å². The van der Waals surface area contributed by atoms with Gasteiger partial charge in [-0.1, -0.05) is 19.8 Å². The van der Waals surface area contributed by atoms with E-state index in [0.717, 1.165) is 5.92 Å². The van der Waals surface area contributed by atoms with E-state index in [9.17, 15) is 0 Å². The van der Waals surface area contributed by atoms with E-state index in [0.29, 0.717) is 0 Å². The van der Waals surface area contributed by atoms with E-state index in [2.05, 4.69) is 25.6 Å². The SMILES string of the molecule is C=NC1(C)CCCCC1C. The van der Waals surface area contributed by atoms with E-state index in [1.807, 2.05) is 0 Å². The second kappa shape index (κ2) is 2.73. The Morgan fingerprint density at radius 3 is 2.60 bits per heavy atom. The summed E-state index contributed by atoms with van der Waals surface area (Å²) in [5.74, 6) is 0.735. The Morgan fingerprint density at radius 2 is 2.20 bits per heavy atom. The number of hydrogen-bond acceptors (Lipinski definition) is 1. The maximum atomic E-state index is 4.21. The first kappa shape index (κ1) is 7.77. The fraction of sp³-hybridized carbons (Fsp3) is 0.889. The first-order chi connectivity index (χ1) is 4.69. The molecule has 0 aromatic carbocycles. The fourth-order valence-corrected chi connectivity index (χ4v) is 1.73. The average Bonchev–Trinajstić information content (AvgIpc) is 1.96. The van der Waals surface area contributed by atoms with Crippen LogP contribution in [0.2, 0.25) is 0 Å². The van der Waals surface area contributed by atoms with Crippen LogP contribution in [0, 0.1) is 5.92 Å². The van der Waals surface area contributed by atoms with Gasteiger partial charge in [-0.3, -0.25) is 4.99 Å². The molecule has 58 valence electrons. The highest BCUT2D eigenvalue weighted by molar-refractivity contribution is 5.26. The largest absolute Gasteiger partial charge is 0.294 e. The van der Waals surface area contributed by atoms with Gasteiger partial charge in [0.15, 0.2) is 0 Å². The summed E-state index contributed by atoms with van der Waals surface area (Å²) in [5, 5.41) is 0. The van der Waals surface area contributed by atoms with Crippen LogP contribution in [-0.2, 0) is 0 Å². The normalized spacial score (nSPS) is 41.2. The molecule has 2 unspecified atom stereocenters. The Labute approximate surface area is 63.5 Å². The molecular formula is C9H17N. The molecule has 0 N–H and O–H groups in total. The van der Waals surface area contributed by atoms with E-state index in [1.165, 1.54) is 25.7 Å². The van der Waals surface area contributed by atoms with E-state index >= 15 is 0 Å². The molecule has 0 aliphatic heterocycles. The molecule has 1 saturated carbocycles. The van der Waals surface area contributed by atoms with Gasteiger partial charge in [0.1, 0.15) is 0 Å². The van der Waals surface area contributed by atoms with Crippen LogP contribution >= 0.6 is 0 Å². The number of nitrogens with zero attached hydrogens (tertiary/aromatic N) is 1. The van der Waals surface area contributed by atoms with Crippen LogP contribution < -0.4 is 0 Å². The van der Waals surface area contributed by atoms with Gasteiger partial charge in [-0.25, -0.2) is 0 Å². The van der Waals surface area contributed by atoms with Crippen molar-refractivity contribution >= 4 is 6.72 Å². The number of aliphatic imine (C=N–C) groups is 1. The molecule has 0 amide bonds. The van der Waals surface area contributed by atoms with Crippen LogP contribution in [0.1, 0.15) is 39.5 Å². The van der Waals surface area contributed by atoms with Crippen molar-refractivity contribution in [3.63, 3.8) is 0 Å². The smallest absolute Gasteiger partial charge is 0.0598 e. The van der Waals surface area contributed by atoms with E-state index in [-0.39, 0.29) is 5.54 Å². The quantitative estimate of drug-likeness (QED) is 0.495. The van der Waals surface area contributed by atoms with Crippen molar-refractivity contribution in [2.24, 2.45) is 10.9 Å². The van der Waals surface area contributed by atoms with Crippen molar-refractivity contribution < 1.29 is 0 Å². The molecule has 0 saturated heterocycles. The Hall–Kier alpha value is -0.330. The monoisotopic (exact) mass is 139 g/mol. The Balaban J connectivity index is 2.62. The molecule has 0 aromatic heterocycles. The van der Waals surface area contributed by atoms with Crippen molar-refractivity contribution in [2.45, 2.75) is 45.1 Å². The summed E-state index contributed by atoms with van der Waals surface area (Å²) < 4.78 is 0. The van der Waals surface area contributed by atoms with Gasteiger partial charge in [0, 0.05) is 0 Å². The van der Waals surface area contributed by atoms with Gasteiger partial charge in [-0.05, 0) is 32.4 Å². The van der Waals surface area contributed by atoms with E-state index < -0.39 is 0 Å². The predicted octanol–water partition coefficient (Wildman–Crippen LogP) is 2.66. The summed E-state index contributed by atoms with van der Waals surface area (Å²) in [5.41, 5.74) is 0.193. The maximum Gasteiger partial charge on any atom is 0.0598 e. The second-order valence-corrected chi connectivity index (χ2v) is 3.66. The second-order valence-electron chi connectivity index (χ2n) is 3.66. The van der Waals surface area contributed by atoms with Crippen molar-refractivity contribution in [1.82, 2.24) is 0 Å². The lowest BCUT2D eigenvalue weighted by Crippen LogP contribution is -2.33. The molecule has 0 bridgehead atoms. The molecular weight excluding hydrogens is 122 g/mol. The van der Waals surface area contributed by atoms with Gasteiger partial charge in [0.25, 0.3) is 0 Å². The van der Waals surface area contributed by atoms with Crippen LogP contribution in [0.15, 0.2) is 4.99 Å². The summed E-state index contributed by atoms with van der Waals surface area (Å²) in [6.45, 7) is 8.17. The first-order valence-electron chi connectivity index (χ1n) is 4.17. The summed E-state index contributed by atoms with van der Waals surface area (Å²) in [4.78, 5) is 4.21. The third-order valence-electron chi connectivity index (χ3n) is 2.99. The van der Waals surface area contributed by atoms with Crippen molar-refractivity contribution in [2.75, 3.05) is 0 Å². The summed E-state index contributed by atoms with van der Waals surface area (Å²) >= 11 is 0. The summed E-state index contributed by atoms with van der Waals surface area (Å²) in [7, 11) is 0. The lowest BCUT2D eigenvalue weighted by molar-refractivity contribution is 0.230. The third kappa shape index (κ3) is 1.23. The molecule has 2 atom stereocenters. The molecule has 0 aromatic rings. The summed E-state index contributed by atoms with van der Waals surface area (Å²) in [6, 6.07) is 0. The lowest BCUT2D eigenvalue weighted by Gasteiger charge is -2.35. The van der Waals surface area contributed by atoms with E-state index in [4.69, 9.17) is 0 Å². The first-order valence-corrected chi connectivity index (χ1v) is 4.17. The molecule has 1 heteroatoms. The molecule has 10 heavy (non-hydrogen) atoms. The Bertz CT molecular complexity index is 131. The molecule has 1 aliphatic carbocycles. The van der Waals surface area contributed by atoms with Crippen molar-refractivity contribution in [3.8, 4) is 0 Å². The molecule has 0 radical (unpaired) electrons. The molecule has 0 heterocycles. The summed E-state index contributed by atoms with van der Waals surface area (Å²) in [6.07, 6.45) is 5.28. The van der Waals surface area contributed by atoms with Gasteiger partial charge in [-0.2, -0.15) is 0 Å². The maximum absolute atomic E-state index is 4.21. The molecule has 1 aliphatic rings. The van der Waals surface area contributed by atoms with Crippen LogP contribution in [0.3, 0.4) is 0 Å². The van der Waals surface area contributed by atoms with Gasteiger partial charge in [0.05, 0.1) is 5.54 Å². The molecule has 0 spiro atoms. The molecule has 1 fully saturated rings. The minimum Gasteiger partial charge on any atom is -0.294 e.